The Balaban J connectivity index is 2.61. The molecule has 0 saturated carbocycles. The van der Waals surface area contributed by atoms with E-state index in [1.54, 1.807) is 12.1 Å². The minimum atomic E-state index is -1.09. The fourth-order valence-corrected chi connectivity index (χ4v) is 1.72. The molecule has 0 fully saturated rings. The number of carboxylic acid groups (broad SMARTS) is 1. The quantitative estimate of drug-likeness (QED) is 0.646. The lowest BCUT2D eigenvalue weighted by Crippen LogP contribution is -2.42. The number of nitrogens with one attached hydrogen (secondary N) is 1. The van der Waals surface area contributed by atoms with E-state index in [4.69, 9.17) is 15.6 Å². The molecule has 1 atom stereocenters. The molecule has 0 bridgehead atoms. The molecule has 2 amide bonds. The molecule has 1 aromatic rings. The maximum absolute atomic E-state index is 11.7. The van der Waals surface area contributed by atoms with Gasteiger partial charge in [0, 0.05) is 0 Å². The Bertz CT molecular complexity index is 530. The van der Waals surface area contributed by atoms with Crippen molar-refractivity contribution in [3.63, 3.8) is 0 Å². The van der Waals surface area contributed by atoms with Crippen LogP contribution in [0.2, 0.25) is 0 Å². The Kier molecular flexibility index (Phi) is 6.19. The van der Waals surface area contributed by atoms with Crippen molar-refractivity contribution in [2.24, 2.45) is 5.73 Å². The number of primary amides is 1. The van der Waals surface area contributed by atoms with E-state index in [0.717, 1.165) is 0 Å². The second-order valence-corrected chi connectivity index (χ2v) is 4.40. The van der Waals surface area contributed by atoms with Crippen molar-refractivity contribution in [2.75, 3.05) is 6.61 Å². The normalized spacial score (nSPS) is 11.5. The van der Waals surface area contributed by atoms with Crippen molar-refractivity contribution in [3.05, 3.63) is 29.8 Å². The van der Waals surface area contributed by atoms with Crippen LogP contribution in [0, 0.1) is 0 Å². The zero-order chi connectivity index (χ0) is 15.8. The van der Waals surface area contributed by atoms with Crippen LogP contribution in [0.15, 0.2) is 24.3 Å². The number of ether oxygens (including phenoxy) is 1. The van der Waals surface area contributed by atoms with E-state index in [-0.39, 0.29) is 11.3 Å². The Morgan fingerprint density at radius 2 is 2.00 bits per heavy atom. The molecule has 21 heavy (non-hydrogen) atoms. The first-order valence-electron chi connectivity index (χ1n) is 6.49. The van der Waals surface area contributed by atoms with Crippen molar-refractivity contribution in [1.82, 2.24) is 5.32 Å². The topological polar surface area (TPSA) is 119 Å². The highest BCUT2D eigenvalue weighted by Gasteiger charge is 2.19. The van der Waals surface area contributed by atoms with Gasteiger partial charge in [0.15, 0.2) is 6.61 Å². The second kappa shape index (κ2) is 7.88. The molecule has 0 aliphatic carbocycles. The summed E-state index contributed by atoms with van der Waals surface area (Å²) in [6.07, 6.45) is 0.960. The highest BCUT2D eigenvalue weighted by molar-refractivity contribution is 5.95. The van der Waals surface area contributed by atoms with Gasteiger partial charge in [0.25, 0.3) is 11.8 Å². The summed E-state index contributed by atoms with van der Waals surface area (Å²) < 4.78 is 5.21. The number of para-hydroxylation sites is 1. The van der Waals surface area contributed by atoms with E-state index in [9.17, 15) is 14.4 Å². The number of hydrogen-bond acceptors (Lipinski definition) is 4. The molecule has 0 aliphatic heterocycles. The molecule has 0 heterocycles. The number of hydrogen-bond donors (Lipinski definition) is 3. The molecular formula is C14H18N2O5. The molecule has 114 valence electrons. The summed E-state index contributed by atoms with van der Waals surface area (Å²) in [5.74, 6) is -2.15. The van der Waals surface area contributed by atoms with E-state index >= 15 is 0 Å². The van der Waals surface area contributed by atoms with Gasteiger partial charge in [-0.1, -0.05) is 25.5 Å². The first-order chi connectivity index (χ1) is 9.95. The third-order valence-corrected chi connectivity index (χ3v) is 2.72. The first-order valence-corrected chi connectivity index (χ1v) is 6.49. The molecular weight excluding hydrogens is 276 g/mol. The van der Waals surface area contributed by atoms with Crippen LogP contribution in [0.3, 0.4) is 0 Å². The standard InChI is InChI=1S/C14H18N2O5/c1-2-5-10(14(19)20)16-12(17)8-21-11-7-4-3-6-9(11)13(15)18/h3-4,6-7,10H,2,5,8H2,1H3,(H2,15,18)(H,16,17)(H,19,20). The van der Waals surface area contributed by atoms with E-state index in [0.29, 0.717) is 12.8 Å². The van der Waals surface area contributed by atoms with Crippen molar-refractivity contribution in [3.8, 4) is 5.75 Å². The second-order valence-electron chi connectivity index (χ2n) is 4.40. The lowest BCUT2D eigenvalue weighted by Gasteiger charge is -2.14. The van der Waals surface area contributed by atoms with Crippen LogP contribution in [0.4, 0.5) is 0 Å². The fourth-order valence-electron chi connectivity index (χ4n) is 1.72. The Labute approximate surface area is 122 Å². The summed E-state index contributed by atoms with van der Waals surface area (Å²) in [6.45, 7) is 1.43. The smallest absolute Gasteiger partial charge is 0.326 e. The Morgan fingerprint density at radius 1 is 1.33 bits per heavy atom. The number of carboxylic acids is 1. The van der Waals surface area contributed by atoms with E-state index < -0.39 is 30.4 Å². The third kappa shape index (κ3) is 5.13. The Hall–Kier alpha value is -2.57. The lowest BCUT2D eigenvalue weighted by atomic mass is 10.1. The number of benzene rings is 1. The molecule has 0 saturated heterocycles. The molecule has 7 heteroatoms. The summed E-state index contributed by atoms with van der Waals surface area (Å²) >= 11 is 0. The van der Waals surface area contributed by atoms with Gasteiger partial charge in [-0.3, -0.25) is 9.59 Å². The summed E-state index contributed by atoms with van der Waals surface area (Å²) in [5.41, 5.74) is 5.34. The fraction of sp³-hybridized carbons (Fsp3) is 0.357. The van der Waals surface area contributed by atoms with Crippen molar-refractivity contribution < 1.29 is 24.2 Å². The molecule has 1 aromatic carbocycles. The molecule has 0 aromatic heterocycles. The molecule has 1 rings (SSSR count). The van der Waals surface area contributed by atoms with Gasteiger partial charge in [-0.15, -0.1) is 0 Å². The van der Waals surface area contributed by atoms with Crippen LogP contribution in [0.25, 0.3) is 0 Å². The number of aliphatic carboxylic acids is 1. The molecule has 4 N–H and O–H groups in total. The molecule has 0 spiro atoms. The van der Waals surface area contributed by atoms with Gasteiger partial charge in [-0.25, -0.2) is 4.79 Å². The van der Waals surface area contributed by atoms with Crippen LogP contribution in [-0.2, 0) is 9.59 Å². The van der Waals surface area contributed by atoms with Crippen LogP contribution in [-0.4, -0.2) is 35.5 Å². The summed E-state index contributed by atoms with van der Waals surface area (Å²) in [7, 11) is 0. The number of carbonyl (C=O) groups excluding carboxylic acids is 2. The van der Waals surface area contributed by atoms with Gasteiger partial charge in [0.2, 0.25) is 0 Å². The van der Waals surface area contributed by atoms with Crippen LogP contribution in [0.1, 0.15) is 30.1 Å². The third-order valence-electron chi connectivity index (χ3n) is 2.72. The van der Waals surface area contributed by atoms with Crippen LogP contribution >= 0.6 is 0 Å². The maximum Gasteiger partial charge on any atom is 0.326 e. The van der Waals surface area contributed by atoms with E-state index in [1.807, 2.05) is 6.92 Å². The molecule has 0 aliphatic rings. The number of nitrogens with two attached hydrogens (primary N) is 1. The highest BCUT2D eigenvalue weighted by Crippen LogP contribution is 2.16. The summed E-state index contributed by atoms with van der Waals surface area (Å²) in [5, 5.41) is 11.3. The highest BCUT2D eigenvalue weighted by atomic mass is 16.5. The van der Waals surface area contributed by atoms with Crippen molar-refractivity contribution in [1.29, 1.82) is 0 Å². The van der Waals surface area contributed by atoms with Crippen LogP contribution in [0.5, 0.6) is 5.75 Å². The molecule has 7 nitrogen and oxygen atoms in total. The van der Waals surface area contributed by atoms with E-state index in [2.05, 4.69) is 5.32 Å². The monoisotopic (exact) mass is 294 g/mol. The van der Waals surface area contributed by atoms with Crippen molar-refractivity contribution >= 4 is 17.8 Å². The van der Waals surface area contributed by atoms with E-state index in [1.165, 1.54) is 12.1 Å². The van der Waals surface area contributed by atoms with Gasteiger partial charge in [-0.05, 0) is 18.6 Å². The first kappa shape index (κ1) is 16.5. The molecule has 0 radical (unpaired) electrons. The Morgan fingerprint density at radius 3 is 2.57 bits per heavy atom. The van der Waals surface area contributed by atoms with Gasteiger partial charge in [-0.2, -0.15) is 0 Å². The van der Waals surface area contributed by atoms with Gasteiger partial charge < -0.3 is 20.9 Å². The van der Waals surface area contributed by atoms with Crippen molar-refractivity contribution in [2.45, 2.75) is 25.8 Å². The SMILES string of the molecule is CCCC(NC(=O)COc1ccccc1C(N)=O)C(=O)O. The average Bonchev–Trinajstić information content (AvgIpc) is 2.44. The minimum absolute atomic E-state index is 0.161. The minimum Gasteiger partial charge on any atom is -0.483 e. The summed E-state index contributed by atoms with van der Waals surface area (Å²) in [6, 6.07) is 5.30. The predicted octanol–water partition coefficient (Wildman–Crippen LogP) is 0.534. The van der Waals surface area contributed by atoms with Crippen LogP contribution < -0.4 is 15.8 Å². The zero-order valence-corrected chi connectivity index (χ0v) is 11.7. The zero-order valence-electron chi connectivity index (χ0n) is 11.7. The van der Waals surface area contributed by atoms with Gasteiger partial charge >= 0.3 is 5.97 Å². The maximum atomic E-state index is 11.7. The van der Waals surface area contributed by atoms with Gasteiger partial charge in [0.05, 0.1) is 5.56 Å². The molecule has 1 unspecified atom stereocenters. The average molecular weight is 294 g/mol. The lowest BCUT2D eigenvalue weighted by molar-refractivity contribution is -0.142. The number of carbonyl (C=O) groups is 3. The summed E-state index contributed by atoms with van der Waals surface area (Å²) in [4.78, 5) is 33.8. The van der Waals surface area contributed by atoms with Gasteiger partial charge in [0.1, 0.15) is 11.8 Å². The largest absolute Gasteiger partial charge is 0.483 e. The predicted molar refractivity (Wildman–Crippen MR) is 74.9 cm³/mol. The number of rotatable bonds is 8. The number of amides is 2.